The van der Waals surface area contributed by atoms with Crippen LogP contribution < -0.4 is 5.32 Å². The molecule has 3 aromatic heterocycles. The van der Waals surface area contributed by atoms with Gasteiger partial charge in [0.2, 0.25) is 0 Å². The maximum absolute atomic E-state index is 5.35. The van der Waals surface area contributed by atoms with Gasteiger partial charge in [-0.05, 0) is 12.1 Å². The monoisotopic (exact) mass is 295 g/mol. The number of nitrogens with zero attached hydrogens (tertiary/aromatic N) is 4. The molecule has 0 spiro atoms. The largest absolute Gasteiger partial charge is 0.359 e. The third kappa shape index (κ3) is 3.11. The number of rotatable bonds is 3. The summed E-state index contributed by atoms with van der Waals surface area (Å²) in [5, 5.41) is 7.17. The predicted molar refractivity (Wildman–Crippen MR) is 83.7 cm³/mol. The molecular formula is C16H17N5O. The van der Waals surface area contributed by atoms with Crippen LogP contribution in [0.4, 0.5) is 11.6 Å². The average Bonchev–Trinajstić information content (AvgIpc) is 2.97. The quantitative estimate of drug-likeness (QED) is 0.796. The van der Waals surface area contributed by atoms with E-state index in [9.17, 15) is 0 Å². The van der Waals surface area contributed by atoms with Gasteiger partial charge in [-0.15, -0.1) is 0 Å². The highest BCUT2D eigenvalue weighted by Gasteiger charge is 2.19. The summed E-state index contributed by atoms with van der Waals surface area (Å²) in [6.45, 7) is 6.22. The van der Waals surface area contributed by atoms with Crippen molar-refractivity contribution in [2.75, 3.05) is 5.32 Å². The Morgan fingerprint density at radius 3 is 2.59 bits per heavy atom. The Morgan fingerprint density at radius 2 is 1.91 bits per heavy atom. The highest BCUT2D eigenvalue weighted by atomic mass is 16.5. The van der Waals surface area contributed by atoms with Crippen LogP contribution in [0.2, 0.25) is 0 Å². The van der Waals surface area contributed by atoms with E-state index in [1.54, 1.807) is 18.6 Å². The molecule has 6 nitrogen and oxygen atoms in total. The van der Waals surface area contributed by atoms with Crippen LogP contribution in [0.15, 0.2) is 47.4 Å². The van der Waals surface area contributed by atoms with E-state index in [0.717, 1.165) is 17.1 Å². The van der Waals surface area contributed by atoms with Gasteiger partial charge in [-0.2, -0.15) is 0 Å². The molecule has 0 fully saturated rings. The van der Waals surface area contributed by atoms with Crippen LogP contribution in [-0.4, -0.2) is 20.1 Å². The van der Waals surface area contributed by atoms with E-state index in [1.807, 2.05) is 24.3 Å². The van der Waals surface area contributed by atoms with E-state index in [0.29, 0.717) is 11.6 Å². The topological polar surface area (TPSA) is 76.7 Å². The summed E-state index contributed by atoms with van der Waals surface area (Å²) in [5.74, 6) is 2.13. The molecule has 3 aromatic rings. The predicted octanol–water partition coefficient (Wildman–Crippen LogP) is 3.57. The van der Waals surface area contributed by atoms with E-state index in [-0.39, 0.29) is 5.41 Å². The molecule has 0 radical (unpaired) electrons. The van der Waals surface area contributed by atoms with E-state index < -0.39 is 0 Å². The van der Waals surface area contributed by atoms with Gasteiger partial charge < -0.3 is 9.84 Å². The van der Waals surface area contributed by atoms with Gasteiger partial charge in [-0.3, -0.25) is 9.97 Å². The average molecular weight is 295 g/mol. The zero-order valence-electron chi connectivity index (χ0n) is 12.7. The van der Waals surface area contributed by atoms with Crippen LogP contribution in [0.3, 0.4) is 0 Å². The highest BCUT2D eigenvalue weighted by Crippen LogP contribution is 2.26. The molecule has 0 aliphatic carbocycles. The Hall–Kier alpha value is -2.76. The summed E-state index contributed by atoms with van der Waals surface area (Å²) >= 11 is 0. The lowest BCUT2D eigenvalue weighted by Gasteiger charge is -2.12. The van der Waals surface area contributed by atoms with Crippen molar-refractivity contribution in [1.82, 2.24) is 20.1 Å². The molecule has 22 heavy (non-hydrogen) atoms. The second-order valence-corrected chi connectivity index (χ2v) is 5.95. The molecule has 0 aliphatic heterocycles. The fourth-order valence-electron chi connectivity index (χ4n) is 1.90. The number of anilines is 2. The number of nitrogens with one attached hydrogen (secondary N) is 1. The first kappa shape index (κ1) is 14.2. The van der Waals surface area contributed by atoms with Crippen LogP contribution >= 0.6 is 0 Å². The number of pyridine rings is 1. The van der Waals surface area contributed by atoms with E-state index >= 15 is 0 Å². The smallest absolute Gasteiger partial charge is 0.175 e. The molecule has 6 heteroatoms. The van der Waals surface area contributed by atoms with Gasteiger partial charge in [0.1, 0.15) is 17.3 Å². The Morgan fingerprint density at radius 1 is 1.05 bits per heavy atom. The lowest BCUT2D eigenvalue weighted by molar-refractivity contribution is 0.331. The summed E-state index contributed by atoms with van der Waals surface area (Å²) in [4.78, 5) is 12.8. The van der Waals surface area contributed by atoms with Gasteiger partial charge in [-0.25, -0.2) is 4.98 Å². The van der Waals surface area contributed by atoms with Crippen molar-refractivity contribution in [3.05, 3.63) is 48.6 Å². The molecule has 0 saturated carbocycles. The molecule has 0 bridgehead atoms. The summed E-state index contributed by atoms with van der Waals surface area (Å²) in [7, 11) is 0. The third-order valence-electron chi connectivity index (χ3n) is 3.08. The summed E-state index contributed by atoms with van der Waals surface area (Å²) in [6, 6.07) is 7.55. The van der Waals surface area contributed by atoms with Crippen molar-refractivity contribution >= 4 is 11.6 Å². The summed E-state index contributed by atoms with van der Waals surface area (Å²) in [5.41, 5.74) is 1.39. The maximum Gasteiger partial charge on any atom is 0.175 e. The van der Waals surface area contributed by atoms with Gasteiger partial charge in [-0.1, -0.05) is 32.0 Å². The molecule has 112 valence electrons. The minimum atomic E-state index is -0.0815. The van der Waals surface area contributed by atoms with Crippen molar-refractivity contribution < 1.29 is 4.52 Å². The molecule has 3 rings (SSSR count). The number of aromatic nitrogens is 4. The van der Waals surface area contributed by atoms with Crippen LogP contribution in [0.1, 0.15) is 26.5 Å². The molecule has 0 unspecified atom stereocenters. The Bertz CT molecular complexity index is 761. The standard InChI is InChI=1S/C16H17N5O/c1-16(2,3)13-9-15(21-22-13)20-14-6-4-5-11(19-14)12-10-17-7-8-18-12/h4-10H,1-3H3,(H,19,20,21). The first-order valence-corrected chi connectivity index (χ1v) is 7.00. The third-order valence-corrected chi connectivity index (χ3v) is 3.08. The van der Waals surface area contributed by atoms with Crippen molar-refractivity contribution in [3.63, 3.8) is 0 Å². The normalized spacial score (nSPS) is 11.4. The van der Waals surface area contributed by atoms with Crippen molar-refractivity contribution in [1.29, 1.82) is 0 Å². The van der Waals surface area contributed by atoms with Crippen molar-refractivity contribution in [2.45, 2.75) is 26.2 Å². The molecule has 0 aliphatic rings. The van der Waals surface area contributed by atoms with Gasteiger partial charge in [0.05, 0.1) is 11.9 Å². The first-order chi connectivity index (χ1) is 10.5. The number of hydrogen-bond donors (Lipinski definition) is 1. The minimum absolute atomic E-state index is 0.0815. The lowest BCUT2D eigenvalue weighted by atomic mass is 9.93. The molecule has 0 atom stereocenters. The lowest BCUT2D eigenvalue weighted by Crippen LogP contribution is -2.09. The number of hydrogen-bond acceptors (Lipinski definition) is 6. The van der Waals surface area contributed by atoms with E-state index in [2.05, 4.69) is 46.2 Å². The van der Waals surface area contributed by atoms with Crippen LogP contribution in [-0.2, 0) is 5.41 Å². The first-order valence-electron chi connectivity index (χ1n) is 7.00. The zero-order chi connectivity index (χ0) is 15.6. The van der Waals surface area contributed by atoms with E-state index in [4.69, 9.17) is 4.52 Å². The SMILES string of the molecule is CC(C)(C)c1cc(Nc2cccc(-c3cnccn3)n2)no1. The van der Waals surface area contributed by atoms with E-state index in [1.165, 1.54) is 0 Å². The van der Waals surface area contributed by atoms with Crippen LogP contribution in [0.5, 0.6) is 0 Å². The van der Waals surface area contributed by atoms with Gasteiger partial charge in [0.25, 0.3) is 0 Å². The molecule has 3 heterocycles. The fraction of sp³-hybridized carbons (Fsp3) is 0.250. The molecule has 0 saturated heterocycles. The second-order valence-electron chi connectivity index (χ2n) is 5.95. The Labute approximate surface area is 128 Å². The Kier molecular flexibility index (Phi) is 3.58. The van der Waals surface area contributed by atoms with Crippen LogP contribution in [0.25, 0.3) is 11.4 Å². The van der Waals surface area contributed by atoms with Gasteiger partial charge in [0.15, 0.2) is 5.82 Å². The van der Waals surface area contributed by atoms with Crippen molar-refractivity contribution in [3.8, 4) is 11.4 Å². The van der Waals surface area contributed by atoms with Gasteiger partial charge in [0, 0.05) is 23.9 Å². The fourth-order valence-corrected chi connectivity index (χ4v) is 1.90. The van der Waals surface area contributed by atoms with Crippen molar-refractivity contribution in [2.24, 2.45) is 0 Å². The summed E-state index contributed by atoms with van der Waals surface area (Å²) < 4.78 is 5.35. The molecule has 0 amide bonds. The second kappa shape index (κ2) is 5.55. The molecular weight excluding hydrogens is 278 g/mol. The molecule has 0 aromatic carbocycles. The zero-order valence-corrected chi connectivity index (χ0v) is 12.7. The van der Waals surface area contributed by atoms with Crippen LogP contribution in [0, 0.1) is 0 Å². The minimum Gasteiger partial charge on any atom is -0.359 e. The highest BCUT2D eigenvalue weighted by molar-refractivity contribution is 5.59. The Balaban J connectivity index is 1.83. The maximum atomic E-state index is 5.35. The van der Waals surface area contributed by atoms with Gasteiger partial charge >= 0.3 is 0 Å². The summed E-state index contributed by atoms with van der Waals surface area (Å²) in [6.07, 6.45) is 4.96. The molecule has 1 N–H and O–H groups in total.